The Morgan fingerprint density at radius 2 is 1.31 bits per heavy atom. The Hall–Kier alpha value is -2.88. The van der Waals surface area contributed by atoms with Crippen molar-refractivity contribution in [2.45, 2.75) is 38.5 Å². The number of hydrogen-bond donors (Lipinski definition) is 0. The standard InChI is InChI=1S/C28H26F4/c1-3-17(2)18-4-6-19(7-5-18)20-8-10-21(11-9-20)22-12-13-24(25(29)14-22)23-15-26(30)28(32)27(31)16-23/h3,8-19H,1,4-7H2,2H3/t17-,18?,19?/m1/s1. The van der Waals surface area contributed by atoms with Crippen molar-refractivity contribution >= 4 is 0 Å². The Kier molecular flexibility index (Phi) is 6.50. The van der Waals surface area contributed by atoms with Crippen molar-refractivity contribution in [2.24, 2.45) is 11.8 Å². The number of halogens is 4. The van der Waals surface area contributed by atoms with E-state index < -0.39 is 23.3 Å². The maximum Gasteiger partial charge on any atom is 0.194 e. The smallest absolute Gasteiger partial charge is 0.194 e. The summed E-state index contributed by atoms with van der Waals surface area (Å²) in [6, 6.07) is 14.3. The van der Waals surface area contributed by atoms with Crippen LogP contribution in [-0.2, 0) is 0 Å². The summed E-state index contributed by atoms with van der Waals surface area (Å²) in [6.07, 6.45) is 6.79. The number of allylic oxidation sites excluding steroid dienone is 1. The third-order valence-electron chi connectivity index (χ3n) is 6.87. The fourth-order valence-corrected chi connectivity index (χ4v) is 4.76. The van der Waals surface area contributed by atoms with Gasteiger partial charge in [0.2, 0.25) is 0 Å². The molecule has 1 atom stereocenters. The van der Waals surface area contributed by atoms with Gasteiger partial charge in [0.15, 0.2) is 17.5 Å². The molecule has 32 heavy (non-hydrogen) atoms. The average molecular weight is 439 g/mol. The monoisotopic (exact) mass is 438 g/mol. The lowest BCUT2D eigenvalue weighted by molar-refractivity contribution is 0.277. The van der Waals surface area contributed by atoms with E-state index in [9.17, 15) is 17.6 Å². The van der Waals surface area contributed by atoms with Crippen LogP contribution >= 0.6 is 0 Å². The lowest BCUT2D eigenvalue weighted by Crippen LogP contribution is -2.18. The Bertz CT molecular complexity index is 1090. The van der Waals surface area contributed by atoms with Gasteiger partial charge in [-0.05, 0) is 83.9 Å². The Morgan fingerprint density at radius 3 is 1.88 bits per heavy atom. The summed E-state index contributed by atoms with van der Waals surface area (Å²) in [5, 5.41) is 0. The number of hydrogen-bond acceptors (Lipinski definition) is 0. The first-order valence-corrected chi connectivity index (χ1v) is 11.0. The molecule has 3 aromatic carbocycles. The van der Waals surface area contributed by atoms with Crippen LogP contribution in [0.15, 0.2) is 67.3 Å². The highest BCUT2D eigenvalue weighted by Crippen LogP contribution is 2.39. The molecule has 0 nitrogen and oxygen atoms in total. The van der Waals surface area contributed by atoms with Crippen LogP contribution in [0.5, 0.6) is 0 Å². The quantitative estimate of drug-likeness (QED) is 0.212. The van der Waals surface area contributed by atoms with E-state index in [0.717, 1.165) is 30.5 Å². The van der Waals surface area contributed by atoms with Crippen LogP contribution < -0.4 is 0 Å². The highest BCUT2D eigenvalue weighted by molar-refractivity contribution is 5.71. The normalized spacial score (nSPS) is 19.5. The second kappa shape index (κ2) is 9.32. The van der Waals surface area contributed by atoms with Gasteiger partial charge in [0, 0.05) is 5.56 Å². The fourth-order valence-electron chi connectivity index (χ4n) is 4.76. The van der Waals surface area contributed by atoms with Gasteiger partial charge in [-0.15, -0.1) is 6.58 Å². The topological polar surface area (TPSA) is 0 Å². The molecular weight excluding hydrogens is 412 g/mol. The summed E-state index contributed by atoms with van der Waals surface area (Å²) in [5.41, 5.74) is 2.82. The summed E-state index contributed by atoms with van der Waals surface area (Å²) < 4.78 is 55.0. The Balaban J connectivity index is 1.50. The first-order chi connectivity index (χ1) is 15.4. The third kappa shape index (κ3) is 4.50. The van der Waals surface area contributed by atoms with E-state index in [1.165, 1.54) is 30.5 Å². The molecule has 0 amide bonds. The summed E-state index contributed by atoms with van der Waals surface area (Å²) in [5.74, 6) is -3.05. The molecular formula is C28H26F4. The van der Waals surface area contributed by atoms with Crippen LogP contribution in [0.2, 0.25) is 0 Å². The van der Waals surface area contributed by atoms with Crippen molar-refractivity contribution in [3.05, 3.63) is 96.1 Å². The van der Waals surface area contributed by atoms with Gasteiger partial charge in [-0.3, -0.25) is 0 Å². The zero-order chi connectivity index (χ0) is 22.8. The molecule has 0 aliphatic heterocycles. The zero-order valence-corrected chi connectivity index (χ0v) is 18.1. The van der Waals surface area contributed by atoms with Crippen molar-refractivity contribution in [1.29, 1.82) is 0 Å². The molecule has 0 heterocycles. The molecule has 0 N–H and O–H groups in total. The van der Waals surface area contributed by atoms with Crippen molar-refractivity contribution in [1.82, 2.24) is 0 Å². The molecule has 4 heteroatoms. The van der Waals surface area contributed by atoms with Gasteiger partial charge in [0.25, 0.3) is 0 Å². The minimum Gasteiger partial charge on any atom is -0.206 e. The van der Waals surface area contributed by atoms with Crippen molar-refractivity contribution in [2.75, 3.05) is 0 Å². The predicted octanol–water partition coefficient (Wildman–Crippen LogP) is 8.67. The minimum absolute atomic E-state index is 0.0219. The van der Waals surface area contributed by atoms with E-state index in [1.54, 1.807) is 6.07 Å². The first-order valence-electron chi connectivity index (χ1n) is 11.0. The van der Waals surface area contributed by atoms with E-state index in [4.69, 9.17) is 0 Å². The second-order valence-electron chi connectivity index (χ2n) is 8.78. The second-order valence-corrected chi connectivity index (χ2v) is 8.78. The number of benzene rings is 3. The molecule has 0 radical (unpaired) electrons. The van der Waals surface area contributed by atoms with Crippen LogP contribution in [0.1, 0.15) is 44.1 Å². The van der Waals surface area contributed by atoms with Gasteiger partial charge in [0.05, 0.1) is 0 Å². The van der Waals surface area contributed by atoms with Gasteiger partial charge in [-0.1, -0.05) is 49.4 Å². The molecule has 1 aliphatic rings. The highest BCUT2D eigenvalue weighted by Gasteiger charge is 2.24. The van der Waals surface area contributed by atoms with Gasteiger partial charge >= 0.3 is 0 Å². The largest absolute Gasteiger partial charge is 0.206 e. The van der Waals surface area contributed by atoms with E-state index >= 15 is 0 Å². The SMILES string of the molecule is C=C[C@@H](C)C1CCC(c2ccc(-c3ccc(-c4cc(F)c(F)c(F)c4)c(F)c3)cc2)CC1. The molecule has 0 unspecified atom stereocenters. The van der Waals surface area contributed by atoms with Crippen molar-refractivity contribution < 1.29 is 17.6 Å². The van der Waals surface area contributed by atoms with Crippen LogP contribution in [0, 0.1) is 35.1 Å². The summed E-state index contributed by atoms with van der Waals surface area (Å²) >= 11 is 0. The fraction of sp³-hybridized carbons (Fsp3) is 0.286. The van der Waals surface area contributed by atoms with Crippen molar-refractivity contribution in [3.8, 4) is 22.3 Å². The molecule has 1 saturated carbocycles. The maximum atomic E-state index is 14.7. The van der Waals surface area contributed by atoms with Gasteiger partial charge < -0.3 is 0 Å². The first kappa shape index (κ1) is 22.3. The van der Waals surface area contributed by atoms with Crippen molar-refractivity contribution in [3.63, 3.8) is 0 Å². The lowest BCUT2D eigenvalue weighted by atomic mass is 9.74. The van der Waals surface area contributed by atoms with E-state index in [0.29, 0.717) is 23.3 Å². The average Bonchev–Trinajstić information content (AvgIpc) is 2.82. The molecule has 1 aliphatic carbocycles. The zero-order valence-electron chi connectivity index (χ0n) is 18.1. The van der Waals surface area contributed by atoms with Crippen LogP contribution in [0.25, 0.3) is 22.3 Å². The van der Waals surface area contributed by atoms with Crippen LogP contribution in [-0.4, -0.2) is 0 Å². The van der Waals surface area contributed by atoms with Gasteiger partial charge in [0.1, 0.15) is 5.82 Å². The minimum atomic E-state index is -1.56. The summed E-state index contributed by atoms with van der Waals surface area (Å²) in [4.78, 5) is 0. The molecule has 4 rings (SSSR count). The summed E-state index contributed by atoms with van der Waals surface area (Å²) in [6.45, 7) is 6.15. The molecule has 0 spiro atoms. The molecule has 1 fully saturated rings. The Labute approximate surface area is 186 Å². The van der Waals surface area contributed by atoms with E-state index in [2.05, 4.69) is 25.6 Å². The lowest BCUT2D eigenvalue weighted by Gasteiger charge is -2.31. The molecule has 166 valence electrons. The summed E-state index contributed by atoms with van der Waals surface area (Å²) in [7, 11) is 0. The van der Waals surface area contributed by atoms with Crippen LogP contribution in [0.3, 0.4) is 0 Å². The predicted molar refractivity (Wildman–Crippen MR) is 121 cm³/mol. The highest BCUT2D eigenvalue weighted by atomic mass is 19.2. The molecule has 0 saturated heterocycles. The van der Waals surface area contributed by atoms with Gasteiger partial charge in [-0.25, -0.2) is 17.6 Å². The van der Waals surface area contributed by atoms with Crippen LogP contribution in [0.4, 0.5) is 17.6 Å². The number of rotatable bonds is 5. The van der Waals surface area contributed by atoms with E-state index in [-0.39, 0.29) is 11.1 Å². The van der Waals surface area contributed by atoms with E-state index in [1.807, 2.05) is 18.2 Å². The van der Waals surface area contributed by atoms with Gasteiger partial charge in [-0.2, -0.15) is 0 Å². The molecule has 0 aromatic heterocycles. The molecule has 3 aromatic rings. The molecule has 0 bridgehead atoms. The Morgan fingerprint density at radius 1 is 0.750 bits per heavy atom. The third-order valence-corrected chi connectivity index (χ3v) is 6.87. The maximum absolute atomic E-state index is 14.7.